The Bertz CT molecular complexity index is 3020. The van der Waals surface area contributed by atoms with Crippen LogP contribution in [0.3, 0.4) is 0 Å². The van der Waals surface area contributed by atoms with Gasteiger partial charge in [0.1, 0.15) is 17.1 Å². The van der Waals surface area contributed by atoms with E-state index in [1.165, 1.54) is 11.1 Å². The number of ether oxygens (including phenoxy) is 2. The Balaban J connectivity index is 0.00000544. The smallest absolute Gasteiger partial charge is 0.508 e. The minimum atomic E-state index is -1.79. The van der Waals surface area contributed by atoms with Crippen molar-refractivity contribution in [3.63, 3.8) is 0 Å². The second-order valence-corrected chi connectivity index (χ2v) is 20.3. The molecule has 314 valence electrons. The molecule has 0 amide bonds. The Morgan fingerprint density at radius 1 is 0.754 bits per heavy atom. The van der Waals surface area contributed by atoms with Crippen LogP contribution in [0.25, 0.3) is 38.8 Å². The third-order valence-corrected chi connectivity index (χ3v) is 12.8. The third-order valence-electron chi connectivity index (χ3n) is 12.8. The number of aromatic nitrogens is 2. The predicted octanol–water partition coefficient (Wildman–Crippen LogP) is 13.8. The first-order valence-electron chi connectivity index (χ1n) is 22.2. The van der Waals surface area contributed by atoms with Gasteiger partial charge in [0.2, 0.25) is 0 Å². The van der Waals surface area contributed by atoms with Gasteiger partial charge in [-0.25, -0.2) is 4.98 Å². The number of hydrogen-bond acceptors (Lipinski definition) is 4. The molecule has 0 N–H and O–H groups in total. The van der Waals surface area contributed by atoms with Gasteiger partial charge in [-0.1, -0.05) is 134 Å². The van der Waals surface area contributed by atoms with Crippen LogP contribution in [-0.4, -0.2) is 21.0 Å². The van der Waals surface area contributed by atoms with E-state index in [1.54, 1.807) is 0 Å². The third kappa shape index (κ3) is 7.15. The summed E-state index contributed by atoms with van der Waals surface area (Å²) in [6.07, 6.45) is 0.0549. The first-order valence-corrected chi connectivity index (χ1v) is 21.2. The van der Waals surface area contributed by atoms with E-state index in [9.17, 15) is 2.74 Å². The molecule has 0 spiro atoms. The Kier molecular flexibility index (Phi) is 9.57. The second-order valence-electron chi connectivity index (χ2n) is 20.3. The molecule has 0 radical (unpaired) electrons. The first-order chi connectivity index (χ1) is 28.9. The molecule has 6 heteroatoms. The predicted molar refractivity (Wildman–Crippen MR) is 247 cm³/mol. The summed E-state index contributed by atoms with van der Waals surface area (Å²) in [6, 6.07) is 38.9. The van der Waals surface area contributed by atoms with Crippen LogP contribution in [-0.2, 0) is 54.0 Å². The minimum Gasteiger partial charge on any atom is -0.508 e. The minimum absolute atomic E-state index is 0. The van der Waals surface area contributed by atoms with Crippen molar-refractivity contribution in [2.45, 2.75) is 124 Å². The van der Waals surface area contributed by atoms with Crippen LogP contribution in [0.5, 0.6) is 11.5 Å². The number of rotatable bonds is 5. The van der Waals surface area contributed by atoms with Crippen LogP contribution in [0.2, 0.25) is 0 Å². The number of aryl methyl sites for hydroxylation is 1. The summed E-state index contributed by atoms with van der Waals surface area (Å²) in [6.45, 7) is 27.9. The number of aliphatic imine (C=N–C) groups is 1. The molecule has 5 nitrogen and oxygen atoms in total. The van der Waals surface area contributed by atoms with Gasteiger partial charge in [-0.3, -0.25) is 4.99 Å². The number of benzene rings is 5. The van der Waals surface area contributed by atoms with Crippen molar-refractivity contribution in [3.8, 4) is 28.3 Å². The summed E-state index contributed by atoms with van der Waals surface area (Å²) >= 11 is 0. The molecular weight excluding hydrogens is 930 g/mol. The van der Waals surface area contributed by atoms with Gasteiger partial charge in [0.25, 0.3) is 0 Å². The summed E-state index contributed by atoms with van der Waals surface area (Å²) in [5, 5.41) is 2.22. The fraction of sp³-hybridized carbons (Fsp3) is 0.345. The first kappa shape index (κ1) is 40.1. The van der Waals surface area contributed by atoms with E-state index >= 15 is 0 Å². The summed E-state index contributed by atoms with van der Waals surface area (Å²) in [7, 11) is 0. The van der Waals surface area contributed by atoms with Crippen molar-refractivity contribution >= 4 is 27.8 Å². The van der Waals surface area contributed by atoms with E-state index in [-0.39, 0.29) is 37.3 Å². The van der Waals surface area contributed by atoms with Gasteiger partial charge >= 0.3 is 21.1 Å². The standard InChI is InChI=1S/C55H57N3O2.Pt/c1-33-20-22-47-45(34(33)2)32-54(12)55(47,13)60-50(57-54)36-25-35(42-17-14-15-19-46(42)53(9,10)11)26-40(27-36)59-41-29-38(52(6,7)8)28-39(31-41)58-48-23-21-37(51(3,4)5)30-44(48)43-18-16-24-56-49(43)58;/h14-26,28-30H,32H2,1-13H3;/q-2;+2/t54-,55+;/m1./s1/i32D2;. The summed E-state index contributed by atoms with van der Waals surface area (Å²) in [5.74, 6) is 1.34. The van der Waals surface area contributed by atoms with Crippen LogP contribution in [0.1, 0.15) is 123 Å². The zero-order valence-electron chi connectivity index (χ0n) is 39.7. The number of fused-ring (bicyclic) bond motifs is 6. The Morgan fingerprint density at radius 2 is 1.48 bits per heavy atom. The van der Waals surface area contributed by atoms with Crippen LogP contribution in [0.15, 0.2) is 102 Å². The normalized spacial score (nSPS) is 20.0. The molecule has 0 saturated carbocycles. The van der Waals surface area contributed by atoms with Gasteiger partial charge in [0.15, 0.2) is 0 Å². The number of nitrogens with zero attached hydrogens (tertiary/aromatic N) is 3. The van der Waals surface area contributed by atoms with Gasteiger partial charge in [-0.2, -0.15) is 0 Å². The van der Waals surface area contributed by atoms with Crippen LogP contribution in [0, 0.1) is 26.0 Å². The van der Waals surface area contributed by atoms with Crippen molar-refractivity contribution < 1.29 is 33.3 Å². The molecular formula is C55H57N3O2Pt. The maximum absolute atomic E-state index is 9.59. The largest absolute Gasteiger partial charge is 2.00 e. The van der Waals surface area contributed by atoms with Crippen molar-refractivity contribution in [2.75, 3.05) is 0 Å². The Morgan fingerprint density at radius 3 is 2.20 bits per heavy atom. The van der Waals surface area contributed by atoms with Gasteiger partial charge in [-0.15, -0.1) is 29.8 Å². The Labute approximate surface area is 379 Å². The monoisotopic (exact) mass is 988 g/mol. The molecule has 1 aliphatic heterocycles. The van der Waals surface area contributed by atoms with Crippen LogP contribution < -0.4 is 4.74 Å². The number of hydrogen-bond donors (Lipinski definition) is 0. The van der Waals surface area contributed by atoms with Crippen molar-refractivity contribution in [3.05, 3.63) is 154 Å². The molecule has 7 aromatic rings. The average molecular weight is 989 g/mol. The summed E-state index contributed by atoms with van der Waals surface area (Å²) in [5.41, 5.74) is 9.61. The quantitative estimate of drug-likeness (QED) is 0.162. The van der Waals surface area contributed by atoms with Crippen LogP contribution >= 0.6 is 0 Å². The molecule has 0 fully saturated rings. The molecule has 61 heavy (non-hydrogen) atoms. The molecule has 2 aromatic heterocycles. The van der Waals surface area contributed by atoms with E-state index in [0.717, 1.165) is 61.0 Å². The fourth-order valence-electron chi connectivity index (χ4n) is 8.89. The molecule has 1 aliphatic carbocycles. The molecule has 5 aromatic carbocycles. The maximum atomic E-state index is 9.59. The second kappa shape index (κ2) is 14.6. The Hall–Kier alpha value is -4.99. The van der Waals surface area contributed by atoms with Gasteiger partial charge in [-0.05, 0) is 102 Å². The zero-order valence-corrected chi connectivity index (χ0v) is 40.0. The van der Waals surface area contributed by atoms with Crippen molar-refractivity contribution in [2.24, 2.45) is 4.99 Å². The topological polar surface area (TPSA) is 48.6 Å². The van der Waals surface area contributed by atoms with Crippen molar-refractivity contribution in [1.29, 1.82) is 0 Å². The van der Waals surface area contributed by atoms with Gasteiger partial charge in [0.05, 0.1) is 11.1 Å². The molecule has 3 heterocycles. The number of pyridine rings is 1. The maximum Gasteiger partial charge on any atom is 2.00 e. The van der Waals surface area contributed by atoms with E-state index in [1.807, 2.05) is 52.1 Å². The summed E-state index contributed by atoms with van der Waals surface area (Å²) < 4.78 is 35.3. The SMILES string of the molecule is [2H]C1([2H])c2c(ccc(C)c2C)[C@]2(C)OC(c3[c-]c(Oc4[c-]c(-n5c6ccc(C(C)(C)C)cc6c6cccnc65)cc(C(C)(C)C)c4)cc(-c4ccccc4C(C)(C)C)c3)=N[C@]12C.[Pt+2]. The van der Waals surface area contributed by atoms with Crippen LogP contribution in [0.4, 0.5) is 0 Å². The van der Waals surface area contributed by atoms with E-state index in [0.29, 0.717) is 28.5 Å². The molecule has 9 rings (SSSR count). The van der Waals surface area contributed by atoms with Gasteiger partial charge < -0.3 is 14.0 Å². The van der Waals surface area contributed by atoms with E-state index in [2.05, 4.69) is 152 Å². The van der Waals surface area contributed by atoms with Gasteiger partial charge in [0, 0.05) is 43.1 Å². The molecule has 2 aliphatic rings. The van der Waals surface area contributed by atoms with Crippen molar-refractivity contribution in [1.82, 2.24) is 9.55 Å². The molecule has 0 unspecified atom stereocenters. The fourth-order valence-corrected chi connectivity index (χ4v) is 8.89. The van der Waals surface area contributed by atoms with E-state index in [4.69, 9.17) is 19.5 Å². The molecule has 0 saturated heterocycles. The molecule has 0 bridgehead atoms. The van der Waals surface area contributed by atoms with E-state index < -0.39 is 17.5 Å². The molecule has 2 atom stereocenters. The summed E-state index contributed by atoms with van der Waals surface area (Å²) in [4.78, 5) is 10.1. The average Bonchev–Trinajstić information content (AvgIpc) is 3.73. The zero-order chi connectivity index (χ0) is 44.5.